The predicted octanol–water partition coefficient (Wildman–Crippen LogP) is 3.19. The molecule has 1 saturated heterocycles. The van der Waals surface area contributed by atoms with E-state index in [0.29, 0.717) is 12.5 Å². The van der Waals surface area contributed by atoms with E-state index in [0.717, 1.165) is 17.4 Å². The van der Waals surface area contributed by atoms with Gasteiger partial charge < -0.3 is 19.9 Å². The fourth-order valence-corrected chi connectivity index (χ4v) is 4.55. The third-order valence-corrected chi connectivity index (χ3v) is 5.86. The number of nitrogens with zero attached hydrogens (tertiary/aromatic N) is 3. The molecule has 1 saturated carbocycles. The zero-order chi connectivity index (χ0) is 18.3. The largest absolute Gasteiger partial charge is 0.396 e. The van der Waals surface area contributed by atoms with Crippen molar-refractivity contribution in [3.05, 3.63) is 53.1 Å². The summed E-state index contributed by atoms with van der Waals surface area (Å²) in [5.41, 5.74) is 4.97. The topological polar surface area (TPSA) is 53.3 Å². The maximum Gasteiger partial charge on any atom is 0.170 e. The van der Waals surface area contributed by atoms with Crippen LogP contribution in [0, 0.1) is 13.8 Å². The second-order valence-corrected chi connectivity index (χ2v) is 7.71. The highest BCUT2D eigenvalue weighted by atomic mass is 32.1. The zero-order valence-corrected chi connectivity index (χ0v) is 16.2. The first kappa shape index (κ1) is 17.5. The van der Waals surface area contributed by atoms with E-state index >= 15 is 0 Å². The molecular formula is C20H26N4OS. The molecule has 0 radical (unpaired) electrons. The highest BCUT2D eigenvalue weighted by Gasteiger charge is 2.41. The van der Waals surface area contributed by atoms with Gasteiger partial charge in [-0.15, -0.1) is 0 Å². The van der Waals surface area contributed by atoms with Crippen LogP contribution in [0.4, 0.5) is 0 Å². The minimum absolute atomic E-state index is 0.0237. The molecule has 0 spiro atoms. The van der Waals surface area contributed by atoms with Gasteiger partial charge in [0, 0.05) is 36.8 Å². The Kier molecular flexibility index (Phi) is 4.71. The Morgan fingerprint density at radius 3 is 2.77 bits per heavy atom. The number of nitrogens with one attached hydrogen (secondary N) is 1. The molecule has 2 aliphatic rings. The van der Waals surface area contributed by atoms with Crippen molar-refractivity contribution in [2.24, 2.45) is 0 Å². The monoisotopic (exact) mass is 370 g/mol. The standard InChI is InChI=1S/C20H26N4OS/c1-13-12-16(14(2)24(13)15-7-8-15)19-18(17-6-3-4-9-21-17)22-20(26)23(19)10-5-11-25/h3-4,6,9,12,15,18-19,25H,5,7-8,10-11H2,1-2H3,(H,22,26). The lowest BCUT2D eigenvalue weighted by molar-refractivity contribution is 0.247. The van der Waals surface area contributed by atoms with Crippen LogP contribution in [-0.4, -0.2) is 37.8 Å². The van der Waals surface area contributed by atoms with Gasteiger partial charge in [0.2, 0.25) is 0 Å². The van der Waals surface area contributed by atoms with E-state index in [1.54, 1.807) is 0 Å². The number of aliphatic hydroxyl groups is 1. The number of rotatable bonds is 6. The van der Waals surface area contributed by atoms with Crippen LogP contribution >= 0.6 is 12.2 Å². The maximum atomic E-state index is 9.33. The number of hydrogen-bond acceptors (Lipinski definition) is 3. The number of aliphatic hydroxyl groups excluding tert-OH is 1. The Morgan fingerprint density at radius 2 is 2.12 bits per heavy atom. The van der Waals surface area contributed by atoms with Crippen molar-refractivity contribution < 1.29 is 5.11 Å². The summed E-state index contributed by atoms with van der Waals surface area (Å²) in [5, 5.41) is 13.6. The van der Waals surface area contributed by atoms with Crippen molar-refractivity contribution in [2.75, 3.05) is 13.2 Å². The molecule has 0 aromatic carbocycles. The van der Waals surface area contributed by atoms with Gasteiger partial charge in [-0.05, 0) is 69.1 Å². The smallest absolute Gasteiger partial charge is 0.170 e. The summed E-state index contributed by atoms with van der Waals surface area (Å²) < 4.78 is 2.48. The normalized spacial score (nSPS) is 22.7. The van der Waals surface area contributed by atoms with E-state index in [9.17, 15) is 5.11 Å². The minimum atomic E-state index is 0.0237. The lowest BCUT2D eigenvalue weighted by atomic mass is 9.96. The molecule has 5 nitrogen and oxygen atoms in total. The van der Waals surface area contributed by atoms with Gasteiger partial charge in [0.15, 0.2) is 5.11 Å². The summed E-state index contributed by atoms with van der Waals surface area (Å²) in [6.07, 6.45) is 5.08. The number of pyridine rings is 1. The van der Waals surface area contributed by atoms with Crippen molar-refractivity contribution in [1.29, 1.82) is 0 Å². The van der Waals surface area contributed by atoms with Crippen LogP contribution in [0.25, 0.3) is 0 Å². The molecule has 2 atom stereocenters. The fourth-order valence-electron chi connectivity index (χ4n) is 4.22. The molecule has 138 valence electrons. The van der Waals surface area contributed by atoms with Crippen molar-refractivity contribution in [3.8, 4) is 0 Å². The van der Waals surface area contributed by atoms with Gasteiger partial charge in [0.05, 0.1) is 17.8 Å². The van der Waals surface area contributed by atoms with Crippen LogP contribution in [0.15, 0.2) is 30.5 Å². The molecule has 1 aliphatic heterocycles. The Labute approximate surface area is 160 Å². The Morgan fingerprint density at radius 1 is 1.31 bits per heavy atom. The van der Waals surface area contributed by atoms with E-state index in [4.69, 9.17) is 12.2 Å². The SMILES string of the molecule is Cc1cc(C2C(c3ccccn3)NC(=S)N2CCCO)c(C)n1C1CC1. The molecule has 3 heterocycles. The van der Waals surface area contributed by atoms with Gasteiger partial charge in [0.1, 0.15) is 0 Å². The van der Waals surface area contributed by atoms with E-state index < -0.39 is 0 Å². The van der Waals surface area contributed by atoms with Crippen LogP contribution in [-0.2, 0) is 0 Å². The van der Waals surface area contributed by atoms with Crippen LogP contribution in [0.2, 0.25) is 0 Å². The number of aryl methyl sites for hydroxylation is 1. The quantitative estimate of drug-likeness (QED) is 0.765. The average molecular weight is 371 g/mol. The molecule has 26 heavy (non-hydrogen) atoms. The van der Waals surface area contributed by atoms with E-state index in [1.807, 2.05) is 18.3 Å². The molecule has 2 aromatic heterocycles. The maximum absolute atomic E-state index is 9.33. The number of hydrogen-bond donors (Lipinski definition) is 2. The Hall–Kier alpha value is -1.92. The first-order valence-electron chi connectivity index (χ1n) is 9.39. The van der Waals surface area contributed by atoms with Crippen LogP contribution in [0.3, 0.4) is 0 Å². The van der Waals surface area contributed by atoms with Crippen LogP contribution < -0.4 is 5.32 Å². The lowest BCUT2D eigenvalue weighted by Crippen LogP contribution is -2.31. The summed E-state index contributed by atoms with van der Waals surface area (Å²) in [6, 6.07) is 9.11. The highest BCUT2D eigenvalue weighted by Crippen LogP contribution is 2.44. The Bertz CT molecular complexity index is 800. The molecule has 2 fully saturated rings. The Balaban J connectivity index is 1.76. The van der Waals surface area contributed by atoms with E-state index in [-0.39, 0.29) is 18.7 Å². The summed E-state index contributed by atoms with van der Waals surface area (Å²) in [6.45, 7) is 5.33. The molecule has 0 bridgehead atoms. The van der Waals surface area contributed by atoms with Crippen molar-refractivity contribution in [2.45, 2.75) is 51.2 Å². The summed E-state index contributed by atoms with van der Waals surface area (Å²) in [5.74, 6) is 0. The van der Waals surface area contributed by atoms with Crippen molar-refractivity contribution in [3.63, 3.8) is 0 Å². The van der Waals surface area contributed by atoms with Crippen molar-refractivity contribution in [1.82, 2.24) is 19.8 Å². The first-order chi connectivity index (χ1) is 12.6. The number of thiocarbonyl (C=S) groups is 1. The third kappa shape index (κ3) is 3.01. The van der Waals surface area contributed by atoms with Gasteiger partial charge in [-0.1, -0.05) is 6.07 Å². The lowest BCUT2D eigenvalue weighted by Gasteiger charge is -2.28. The number of aromatic nitrogens is 2. The van der Waals surface area contributed by atoms with E-state index in [2.05, 4.69) is 45.7 Å². The van der Waals surface area contributed by atoms with E-state index in [1.165, 1.54) is 29.8 Å². The minimum Gasteiger partial charge on any atom is -0.396 e. The zero-order valence-electron chi connectivity index (χ0n) is 15.4. The fraction of sp³-hybridized carbons (Fsp3) is 0.500. The molecule has 4 rings (SSSR count). The summed E-state index contributed by atoms with van der Waals surface area (Å²) in [7, 11) is 0. The molecule has 0 amide bonds. The average Bonchev–Trinajstić information content (AvgIpc) is 3.36. The van der Waals surface area contributed by atoms with Gasteiger partial charge >= 0.3 is 0 Å². The highest BCUT2D eigenvalue weighted by molar-refractivity contribution is 7.80. The molecule has 2 unspecified atom stereocenters. The predicted molar refractivity (Wildman–Crippen MR) is 106 cm³/mol. The third-order valence-electron chi connectivity index (χ3n) is 5.51. The second kappa shape index (κ2) is 7.00. The molecule has 2 N–H and O–H groups in total. The van der Waals surface area contributed by atoms with Gasteiger partial charge in [-0.25, -0.2) is 0 Å². The summed E-state index contributed by atoms with van der Waals surface area (Å²) >= 11 is 5.65. The van der Waals surface area contributed by atoms with Gasteiger partial charge in [0.25, 0.3) is 0 Å². The summed E-state index contributed by atoms with van der Waals surface area (Å²) in [4.78, 5) is 6.81. The second-order valence-electron chi connectivity index (χ2n) is 7.32. The molecular weight excluding hydrogens is 344 g/mol. The van der Waals surface area contributed by atoms with Gasteiger partial charge in [-0.2, -0.15) is 0 Å². The molecule has 6 heteroatoms. The molecule has 2 aromatic rings. The van der Waals surface area contributed by atoms with Crippen LogP contribution in [0.1, 0.15) is 60.0 Å². The van der Waals surface area contributed by atoms with Crippen LogP contribution in [0.5, 0.6) is 0 Å². The van der Waals surface area contributed by atoms with Crippen molar-refractivity contribution >= 4 is 17.3 Å². The van der Waals surface area contributed by atoms with Gasteiger partial charge in [-0.3, -0.25) is 4.98 Å². The molecule has 1 aliphatic carbocycles. The first-order valence-corrected chi connectivity index (χ1v) is 9.80.